The first kappa shape index (κ1) is 17.0. The lowest BCUT2D eigenvalue weighted by Gasteiger charge is -2.27. The van der Waals surface area contributed by atoms with Gasteiger partial charge in [0.15, 0.2) is 0 Å². The van der Waals surface area contributed by atoms with Crippen LogP contribution in [0.3, 0.4) is 0 Å². The summed E-state index contributed by atoms with van der Waals surface area (Å²) < 4.78 is 0. The molecule has 2 atom stereocenters. The van der Waals surface area contributed by atoms with Gasteiger partial charge in [0, 0.05) is 31.7 Å². The summed E-state index contributed by atoms with van der Waals surface area (Å²) in [6.07, 6.45) is -0.0527. The van der Waals surface area contributed by atoms with E-state index in [4.69, 9.17) is 4.84 Å². The van der Waals surface area contributed by atoms with Crippen molar-refractivity contribution in [2.75, 3.05) is 18.5 Å². The van der Waals surface area contributed by atoms with Gasteiger partial charge in [-0.2, -0.15) is 0 Å². The Bertz CT molecular complexity index is 731. The number of hydrogen-bond acceptors (Lipinski definition) is 4. The number of benzene rings is 2. The van der Waals surface area contributed by atoms with Crippen molar-refractivity contribution in [1.29, 1.82) is 0 Å². The van der Waals surface area contributed by atoms with Crippen LogP contribution in [0.2, 0.25) is 0 Å². The maximum absolute atomic E-state index is 12.4. The number of carbonyl (C=O) groups excluding carboxylic acids is 1. The van der Waals surface area contributed by atoms with Crippen LogP contribution in [0.25, 0.3) is 0 Å². The van der Waals surface area contributed by atoms with Crippen molar-refractivity contribution in [3.05, 3.63) is 66.2 Å². The average Bonchev–Trinajstić information content (AvgIpc) is 3.17. The molecule has 0 saturated carbocycles. The van der Waals surface area contributed by atoms with E-state index in [1.54, 1.807) is 0 Å². The summed E-state index contributed by atoms with van der Waals surface area (Å²) in [6, 6.07) is 20.1. The average molecular weight is 337 g/mol. The fourth-order valence-corrected chi connectivity index (χ4v) is 2.74. The van der Waals surface area contributed by atoms with Crippen LogP contribution in [-0.2, 0) is 9.63 Å². The highest BCUT2D eigenvalue weighted by molar-refractivity contribution is 6.04. The first-order valence-electron chi connectivity index (χ1n) is 8.49. The molecule has 5 nitrogen and oxygen atoms in total. The van der Waals surface area contributed by atoms with Gasteiger partial charge in [-0.3, -0.25) is 4.79 Å². The Kier molecular flexibility index (Phi) is 5.33. The molecule has 1 amide bonds. The number of oxime groups is 1. The fourth-order valence-electron chi connectivity index (χ4n) is 2.74. The van der Waals surface area contributed by atoms with E-state index in [2.05, 4.69) is 34.4 Å². The van der Waals surface area contributed by atoms with Gasteiger partial charge >= 0.3 is 0 Å². The van der Waals surface area contributed by atoms with Crippen LogP contribution in [0.5, 0.6) is 0 Å². The maximum Gasteiger partial charge on any atom is 0.264 e. The second-order valence-corrected chi connectivity index (χ2v) is 6.24. The van der Waals surface area contributed by atoms with Gasteiger partial charge in [-0.1, -0.05) is 53.7 Å². The highest BCUT2D eigenvalue weighted by Gasteiger charge is 2.29. The van der Waals surface area contributed by atoms with Crippen molar-refractivity contribution in [1.82, 2.24) is 5.32 Å². The third kappa shape index (κ3) is 4.18. The summed E-state index contributed by atoms with van der Waals surface area (Å²) >= 11 is 0. The maximum atomic E-state index is 12.4. The van der Waals surface area contributed by atoms with Crippen LogP contribution in [-0.4, -0.2) is 37.4 Å². The lowest BCUT2D eigenvalue weighted by Crippen LogP contribution is -2.43. The van der Waals surface area contributed by atoms with E-state index in [0.717, 1.165) is 17.0 Å². The van der Waals surface area contributed by atoms with E-state index in [1.807, 2.05) is 55.6 Å². The second kappa shape index (κ2) is 7.83. The molecule has 2 aromatic carbocycles. The summed E-state index contributed by atoms with van der Waals surface area (Å²) in [5.74, 6) is -0.122. The Balaban J connectivity index is 1.49. The SMILES string of the molecule is C[C@H](CNC(=O)[C@@H]1CC(c2ccccc2)=NO1)N(C)c1ccccc1. The molecule has 1 aliphatic heterocycles. The van der Waals surface area contributed by atoms with Crippen molar-refractivity contribution in [2.45, 2.75) is 25.5 Å². The molecular formula is C20H23N3O2. The minimum atomic E-state index is -0.551. The number of nitrogens with one attached hydrogen (secondary N) is 1. The van der Waals surface area contributed by atoms with Crippen LogP contribution in [0.1, 0.15) is 18.9 Å². The zero-order valence-corrected chi connectivity index (χ0v) is 14.6. The highest BCUT2D eigenvalue weighted by atomic mass is 16.6. The van der Waals surface area contributed by atoms with E-state index in [1.165, 1.54) is 0 Å². The van der Waals surface area contributed by atoms with Gasteiger partial charge in [0.1, 0.15) is 0 Å². The smallest absolute Gasteiger partial charge is 0.264 e. The first-order chi connectivity index (χ1) is 12.1. The molecule has 130 valence electrons. The minimum absolute atomic E-state index is 0.122. The van der Waals surface area contributed by atoms with Gasteiger partial charge < -0.3 is 15.1 Å². The Morgan fingerprint density at radius 3 is 2.52 bits per heavy atom. The van der Waals surface area contributed by atoms with Crippen molar-refractivity contribution in [3.63, 3.8) is 0 Å². The number of anilines is 1. The van der Waals surface area contributed by atoms with E-state index in [9.17, 15) is 4.79 Å². The Hall–Kier alpha value is -2.82. The fraction of sp³-hybridized carbons (Fsp3) is 0.300. The number of likely N-dealkylation sites (N-methyl/N-ethyl adjacent to an activating group) is 1. The lowest BCUT2D eigenvalue weighted by molar-refractivity contribution is -0.131. The summed E-state index contributed by atoms with van der Waals surface area (Å²) in [7, 11) is 2.02. The number of rotatable bonds is 6. The Labute approximate surface area is 148 Å². The molecule has 0 spiro atoms. The molecule has 0 saturated heterocycles. The standard InChI is InChI=1S/C20H23N3O2/c1-15(23(2)17-11-7-4-8-12-17)14-21-20(24)19-13-18(22-25-19)16-9-5-3-6-10-16/h3-12,15,19H,13-14H2,1-2H3,(H,21,24)/t15-,19+/m1/s1. The zero-order chi connectivity index (χ0) is 17.6. The number of amides is 1. The van der Waals surface area contributed by atoms with Crippen molar-refractivity contribution < 1.29 is 9.63 Å². The number of nitrogens with zero attached hydrogens (tertiary/aromatic N) is 2. The predicted octanol–water partition coefficient (Wildman–Crippen LogP) is 2.82. The molecule has 0 bridgehead atoms. The molecule has 1 N–H and O–H groups in total. The molecule has 0 aliphatic carbocycles. The van der Waals surface area contributed by atoms with Crippen LogP contribution in [0, 0.1) is 0 Å². The first-order valence-corrected chi connectivity index (χ1v) is 8.49. The van der Waals surface area contributed by atoms with Gasteiger partial charge in [-0.05, 0) is 24.6 Å². The molecule has 2 aromatic rings. The van der Waals surface area contributed by atoms with Crippen LogP contribution in [0.4, 0.5) is 5.69 Å². The number of hydrogen-bond donors (Lipinski definition) is 1. The van der Waals surface area contributed by atoms with Gasteiger partial charge in [-0.15, -0.1) is 0 Å². The van der Waals surface area contributed by atoms with E-state index in [-0.39, 0.29) is 11.9 Å². The molecule has 0 unspecified atom stereocenters. The van der Waals surface area contributed by atoms with Crippen LogP contribution < -0.4 is 10.2 Å². The van der Waals surface area contributed by atoms with Crippen molar-refractivity contribution in [3.8, 4) is 0 Å². The van der Waals surface area contributed by atoms with Gasteiger partial charge in [-0.25, -0.2) is 0 Å². The normalized spacial score (nSPS) is 17.4. The molecule has 5 heteroatoms. The van der Waals surface area contributed by atoms with Gasteiger partial charge in [0.25, 0.3) is 5.91 Å². The van der Waals surface area contributed by atoms with E-state index < -0.39 is 6.10 Å². The second-order valence-electron chi connectivity index (χ2n) is 6.24. The Morgan fingerprint density at radius 2 is 1.84 bits per heavy atom. The molecular weight excluding hydrogens is 314 g/mol. The quantitative estimate of drug-likeness (QED) is 0.882. The molecule has 0 aromatic heterocycles. The van der Waals surface area contributed by atoms with Crippen LogP contribution in [0.15, 0.2) is 65.8 Å². The van der Waals surface area contributed by atoms with Gasteiger partial charge in [0.2, 0.25) is 6.10 Å². The monoisotopic (exact) mass is 337 g/mol. The molecule has 0 fully saturated rings. The summed E-state index contributed by atoms with van der Waals surface area (Å²) in [5, 5.41) is 7.03. The largest absolute Gasteiger partial charge is 0.382 e. The molecule has 25 heavy (non-hydrogen) atoms. The summed E-state index contributed by atoms with van der Waals surface area (Å²) in [4.78, 5) is 19.8. The highest BCUT2D eigenvalue weighted by Crippen LogP contribution is 2.17. The van der Waals surface area contributed by atoms with E-state index >= 15 is 0 Å². The molecule has 1 aliphatic rings. The topological polar surface area (TPSA) is 53.9 Å². The molecule has 3 rings (SSSR count). The van der Waals surface area contributed by atoms with Crippen molar-refractivity contribution >= 4 is 17.3 Å². The number of carbonyl (C=O) groups is 1. The summed E-state index contributed by atoms with van der Waals surface area (Å²) in [6.45, 7) is 2.62. The van der Waals surface area contributed by atoms with Crippen molar-refractivity contribution in [2.24, 2.45) is 5.16 Å². The third-order valence-electron chi connectivity index (χ3n) is 4.46. The predicted molar refractivity (Wildman–Crippen MR) is 99.8 cm³/mol. The van der Waals surface area contributed by atoms with Crippen LogP contribution >= 0.6 is 0 Å². The minimum Gasteiger partial charge on any atom is -0.382 e. The summed E-state index contributed by atoms with van der Waals surface area (Å²) in [5.41, 5.74) is 2.93. The number of para-hydroxylation sites is 1. The Morgan fingerprint density at radius 1 is 1.20 bits per heavy atom. The lowest BCUT2D eigenvalue weighted by atomic mass is 10.0. The third-order valence-corrected chi connectivity index (χ3v) is 4.46. The molecule has 0 radical (unpaired) electrons. The zero-order valence-electron chi connectivity index (χ0n) is 14.6. The van der Waals surface area contributed by atoms with E-state index in [0.29, 0.717) is 13.0 Å². The molecule has 1 heterocycles. The van der Waals surface area contributed by atoms with Gasteiger partial charge in [0.05, 0.1) is 5.71 Å².